The summed E-state index contributed by atoms with van der Waals surface area (Å²) in [4.78, 5) is 0. The Morgan fingerprint density at radius 1 is 1.13 bits per heavy atom. The summed E-state index contributed by atoms with van der Waals surface area (Å²) in [5.41, 5.74) is -0.747. The smallest absolute Gasteiger partial charge is 0.445 e. The van der Waals surface area contributed by atoms with E-state index in [1.165, 1.54) is 6.42 Å². The molecule has 0 aromatic carbocycles. The van der Waals surface area contributed by atoms with Crippen LogP contribution < -0.4 is 0 Å². The number of hydrogen-bond donors (Lipinski definition) is 0. The molecule has 0 amide bonds. The van der Waals surface area contributed by atoms with Crippen molar-refractivity contribution in [3.63, 3.8) is 0 Å². The Morgan fingerprint density at radius 3 is 2.27 bits per heavy atom. The van der Waals surface area contributed by atoms with Gasteiger partial charge in [-0.1, -0.05) is 32.6 Å². The lowest BCUT2D eigenvalue weighted by atomic mass is 9.81. The zero-order chi connectivity index (χ0) is 11.7. The van der Waals surface area contributed by atoms with Gasteiger partial charge in [-0.2, -0.15) is 0 Å². The van der Waals surface area contributed by atoms with Crippen molar-refractivity contribution in [2.24, 2.45) is 0 Å². The first-order valence-corrected chi connectivity index (χ1v) is 5.43. The number of ether oxygens (including phenoxy) is 1. The van der Waals surface area contributed by atoms with Crippen molar-refractivity contribution in [3.05, 3.63) is 12.1 Å². The summed E-state index contributed by atoms with van der Waals surface area (Å²) in [6, 6.07) is 0. The Kier molecular flexibility index (Phi) is 7.56. The minimum absolute atomic E-state index is 0.378. The van der Waals surface area contributed by atoms with Crippen molar-refractivity contribution in [1.82, 2.24) is 0 Å². The molecule has 0 saturated carbocycles. The molecule has 0 aliphatic heterocycles. The van der Waals surface area contributed by atoms with Gasteiger partial charge in [0.1, 0.15) is 0 Å². The fourth-order valence-electron chi connectivity index (χ4n) is 1.11. The van der Waals surface area contributed by atoms with Crippen molar-refractivity contribution in [2.75, 3.05) is 13.2 Å². The lowest BCUT2D eigenvalue weighted by Crippen LogP contribution is -2.22. The quantitative estimate of drug-likeness (QED) is 0.425. The predicted molar refractivity (Wildman–Crippen MR) is 57.8 cm³/mol. The topological polar surface area (TPSA) is 9.23 Å². The third-order valence-electron chi connectivity index (χ3n) is 2.14. The second kappa shape index (κ2) is 7.80. The van der Waals surface area contributed by atoms with E-state index < -0.39 is 12.4 Å². The van der Waals surface area contributed by atoms with Gasteiger partial charge in [-0.25, -0.2) is 0 Å². The van der Waals surface area contributed by atoms with E-state index in [0.717, 1.165) is 25.7 Å². The molecule has 0 saturated heterocycles. The molecule has 0 aliphatic carbocycles. The molecule has 90 valence electrons. The normalized spacial score (nSPS) is 11.7. The van der Waals surface area contributed by atoms with Crippen molar-refractivity contribution in [1.29, 1.82) is 0 Å². The van der Waals surface area contributed by atoms with Gasteiger partial charge in [0, 0.05) is 13.2 Å². The van der Waals surface area contributed by atoms with Gasteiger partial charge in [-0.3, -0.25) is 0 Å². The van der Waals surface area contributed by atoms with Crippen LogP contribution in [0.3, 0.4) is 0 Å². The highest BCUT2D eigenvalue weighted by Gasteiger charge is 2.26. The zero-order valence-corrected chi connectivity index (χ0v) is 9.28. The van der Waals surface area contributed by atoms with Gasteiger partial charge in [0.25, 0.3) is 0 Å². The second-order valence-corrected chi connectivity index (χ2v) is 3.70. The molecule has 0 fully saturated rings. The Balaban J connectivity index is 3.28. The first-order chi connectivity index (χ1) is 6.98. The standard InChI is InChI=1S/C10H19BF3O/c1-3-4-5-6-7-8-15-9-10(2)11(12,13)14/h2-9H2,1H3/q-1. The maximum atomic E-state index is 12.0. The average Bonchev–Trinajstić information content (AvgIpc) is 2.14. The van der Waals surface area contributed by atoms with E-state index in [0.29, 0.717) is 6.61 Å². The molecule has 0 radical (unpaired) electrons. The molecule has 0 aromatic heterocycles. The summed E-state index contributed by atoms with van der Waals surface area (Å²) in [6.07, 6.45) is 5.33. The molecule has 1 nitrogen and oxygen atoms in total. The summed E-state index contributed by atoms with van der Waals surface area (Å²) in [7, 11) is 0. The summed E-state index contributed by atoms with van der Waals surface area (Å²) in [5.74, 6) is 0. The second-order valence-electron chi connectivity index (χ2n) is 3.70. The molecule has 0 bridgehead atoms. The van der Waals surface area contributed by atoms with E-state index in [4.69, 9.17) is 4.74 Å². The van der Waals surface area contributed by atoms with Crippen molar-refractivity contribution >= 4 is 6.98 Å². The monoisotopic (exact) mass is 223 g/mol. The molecule has 0 atom stereocenters. The Hall–Kier alpha value is -0.445. The molecule has 0 N–H and O–H groups in total. The highest BCUT2D eigenvalue weighted by molar-refractivity contribution is 6.66. The lowest BCUT2D eigenvalue weighted by Gasteiger charge is -2.17. The summed E-state index contributed by atoms with van der Waals surface area (Å²) >= 11 is 0. The van der Waals surface area contributed by atoms with Crippen molar-refractivity contribution in [2.45, 2.75) is 39.0 Å². The number of hydrogen-bond acceptors (Lipinski definition) is 1. The molecule has 0 unspecified atom stereocenters. The van der Waals surface area contributed by atoms with Crippen LogP contribution in [0, 0.1) is 0 Å². The van der Waals surface area contributed by atoms with Crippen LogP contribution in [0.1, 0.15) is 39.0 Å². The lowest BCUT2D eigenvalue weighted by molar-refractivity contribution is 0.152. The van der Waals surface area contributed by atoms with E-state index >= 15 is 0 Å². The fourth-order valence-corrected chi connectivity index (χ4v) is 1.11. The van der Waals surface area contributed by atoms with Crippen LogP contribution in [0.25, 0.3) is 0 Å². The highest BCUT2D eigenvalue weighted by atomic mass is 19.4. The zero-order valence-electron chi connectivity index (χ0n) is 9.28. The molecule has 0 spiro atoms. The van der Waals surface area contributed by atoms with Crippen LogP contribution in [0.15, 0.2) is 12.1 Å². The van der Waals surface area contributed by atoms with Crippen LogP contribution in [0.5, 0.6) is 0 Å². The number of unbranched alkanes of at least 4 members (excludes halogenated alkanes) is 4. The number of rotatable bonds is 9. The molecule has 0 rings (SSSR count). The first kappa shape index (κ1) is 14.6. The molecule has 5 heteroatoms. The fraction of sp³-hybridized carbons (Fsp3) is 0.800. The predicted octanol–water partition coefficient (Wildman–Crippen LogP) is 3.92. The van der Waals surface area contributed by atoms with Crippen LogP contribution in [-0.4, -0.2) is 20.2 Å². The van der Waals surface area contributed by atoms with Gasteiger partial charge in [-0.05, 0) is 6.42 Å². The van der Waals surface area contributed by atoms with E-state index in [2.05, 4.69) is 13.5 Å². The maximum absolute atomic E-state index is 12.0. The summed E-state index contributed by atoms with van der Waals surface area (Å²) < 4.78 is 40.9. The van der Waals surface area contributed by atoms with Gasteiger partial charge in [-0.15, -0.1) is 12.1 Å². The average molecular weight is 223 g/mol. The van der Waals surface area contributed by atoms with Gasteiger partial charge >= 0.3 is 6.98 Å². The molecule has 0 heterocycles. The first-order valence-electron chi connectivity index (χ1n) is 5.43. The van der Waals surface area contributed by atoms with Crippen molar-refractivity contribution in [3.8, 4) is 0 Å². The largest absolute Gasteiger partial charge is 0.507 e. The van der Waals surface area contributed by atoms with Crippen LogP contribution >= 0.6 is 0 Å². The van der Waals surface area contributed by atoms with Crippen LogP contribution in [-0.2, 0) is 4.74 Å². The van der Waals surface area contributed by atoms with Gasteiger partial charge in [0.15, 0.2) is 0 Å². The Labute approximate surface area is 89.8 Å². The Bertz CT molecular complexity index is 180. The number of halogens is 3. The van der Waals surface area contributed by atoms with E-state index in [-0.39, 0.29) is 6.61 Å². The molecular formula is C10H19BF3O-. The third-order valence-corrected chi connectivity index (χ3v) is 2.14. The van der Waals surface area contributed by atoms with E-state index in [9.17, 15) is 12.9 Å². The Morgan fingerprint density at radius 2 is 1.73 bits per heavy atom. The summed E-state index contributed by atoms with van der Waals surface area (Å²) in [5, 5.41) is 0. The maximum Gasteiger partial charge on any atom is 0.507 e. The molecule has 0 aromatic rings. The molecule has 15 heavy (non-hydrogen) atoms. The van der Waals surface area contributed by atoms with Crippen molar-refractivity contribution < 1.29 is 17.7 Å². The summed E-state index contributed by atoms with van der Waals surface area (Å²) in [6.45, 7) is 0.166. The molecule has 0 aliphatic rings. The van der Waals surface area contributed by atoms with Gasteiger partial charge in [0.2, 0.25) is 0 Å². The minimum atomic E-state index is -4.92. The minimum Gasteiger partial charge on any atom is -0.445 e. The van der Waals surface area contributed by atoms with Gasteiger partial charge < -0.3 is 17.7 Å². The molecular weight excluding hydrogens is 204 g/mol. The highest BCUT2D eigenvalue weighted by Crippen LogP contribution is 2.18. The van der Waals surface area contributed by atoms with E-state index in [1.807, 2.05) is 0 Å². The van der Waals surface area contributed by atoms with Crippen LogP contribution in [0.2, 0.25) is 0 Å². The SMILES string of the molecule is C=C(COCCCCCCC)[B-](F)(F)F. The van der Waals surface area contributed by atoms with Crippen LogP contribution in [0.4, 0.5) is 12.9 Å². The van der Waals surface area contributed by atoms with Gasteiger partial charge in [0.05, 0.1) is 0 Å². The third kappa shape index (κ3) is 8.54. The van der Waals surface area contributed by atoms with E-state index in [1.54, 1.807) is 0 Å².